The highest BCUT2D eigenvalue weighted by Crippen LogP contribution is 2.28. The van der Waals surface area contributed by atoms with Crippen LogP contribution in [0.15, 0.2) is 48.5 Å². The number of fused-ring (bicyclic) bond motifs is 2. The smallest absolute Gasteiger partial charge is 0.161 e. The van der Waals surface area contributed by atoms with Gasteiger partial charge in [-0.15, -0.1) is 0 Å². The first kappa shape index (κ1) is 21.2. The van der Waals surface area contributed by atoms with Crippen LogP contribution in [-0.4, -0.2) is 66.1 Å². The monoisotopic (exact) mass is 404 g/mol. The first-order chi connectivity index (χ1) is 14.4. The molecule has 0 spiro atoms. The van der Waals surface area contributed by atoms with Crippen LogP contribution in [0.1, 0.15) is 0 Å². The molecule has 1 aliphatic rings. The quantitative estimate of drug-likeness (QED) is 0.669. The summed E-state index contributed by atoms with van der Waals surface area (Å²) in [5, 5.41) is 0. The number of rotatable bonds is 0. The first-order valence-corrected chi connectivity index (χ1v) is 9.86. The van der Waals surface area contributed by atoms with E-state index in [4.69, 9.17) is 33.2 Å². The summed E-state index contributed by atoms with van der Waals surface area (Å²) in [6, 6.07) is 15.1. The number of hydrogen-bond acceptors (Lipinski definition) is 7. The van der Waals surface area contributed by atoms with Crippen molar-refractivity contribution in [2.24, 2.45) is 0 Å². The summed E-state index contributed by atoms with van der Waals surface area (Å²) < 4.78 is 39.7. The van der Waals surface area contributed by atoms with Gasteiger partial charge in [-0.1, -0.05) is 24.3 Å². The Kier molecular flexibility index (Phi) is 9.43. The molecule has 0 unspecified atom stereocenters. The molecule has 0 fully saturated rings. The fraction of sp³-hybridized carbons (Fsp3) is 0.455. The SMILES string of the molecule is c1ccc2c(c1)OCCOCCOCCOCCOc1ccccc1OCCO2. The van der Waals surface area contributed by atoms with Gasteiger partial charge in [0.15, 0.2) is 23.0 Å². The third-order valence-corrected chi connectivity index (χ3v) is 4.01. The molecule has 2 aromatic carbocycles. The van der Waals surface area contributed by atoms with Crippen molar-refractivity contribution in [1.82, 2.24) is 0 Å². The summed E-state index contributed by atoms with van der Waals surface area (Å²) in [4.78, 5) is 0. The molecule has 3 rings (SSSR count). The largest absolute Gasteiger partial charge is 0.487 e. The molecule has 0 radical (unpaired) electrons. The number of para-hydroxylation sites is 4. The minimum Gasteiger partial charge on any atom is -0.487 e. The van der Waals surface area contributed by atoms with Crippen molar-refractivity contribution < 1.29 is 33.2 Å². The fourth-order valence-corrected chi connectivity index (χ4v) is 2.64. The molecule has 0 saturated heterocycles. The van der Waals surface area contributed by atoms with Crippen LogP contribution in [0.25, 0.3) is 0 Å². The van der Waals surface area contributed by atoms with E-state index in [0.717, 1.165) is 0 Å². The maximum absolute atomic E-state index is 5.83. The maximum Gasteiger partial charge on any atom is 0.161 e. The van der Waals surface area contributed by atoms with Gasteiger partial charge in [0.05, 0.1) is 39.6 Å². The average Bonchev–Trinajstić information content (AvgIpc) is 2.75. The summed E-state index contributed by atoms with van der Waals surface area (Å²) >= 11 is 0. The molecule has 2 aromatic rings. The molecule has 0 aliphatic carbocycles. The van der Waals surface area contributed by atoms with E-state index in [1.165, 1.54) is 0 Å². The van der Waals surface area contributed by atoms with Crippen molar-refractivity contribution >= 4 is 0 Å². The number of benzene rings is 2. The van der Waals surface area contributed by atoms with Gasteiger partial charge in [0.25, 0.3) is 0 Å². The molecule has 0 amide bonds. The Morgan fingerprint density at radius 1 is 0.345 bits per heavy atom. The third-order valence-electron chi connectivity index (χ3n) is 4.01. The van der Waals surface area contributed by atoms with E-state index < -0.39 is 0 Å². The zero-order valence-corrected chi connectivity index (χ0v) is 16.5. The van der Waals surface area contributed by atoms with Crippen molar-refractivity contribution in [3.05, 3.63) is 48.5 Å². The van der Waals surface area contributed by atoms with Gasteiger partial charge in [-0.05, 0) is 24.3 Å². The van der Waals surface area contributed by atoms with E-state index in [0.29, 0.717) is 89.1 Å². The van der Waals surface area contributed by atoms with Gasteiger partial charge in [-0.2, -0.15) is 0 Å². The molecule has 29 heavy (non-hydrogen) atoms. The highest BCUT2D eigenvalue weighted by Gasteiger charge is 2.07. The van der Waals surface area contributed by atoms with Gasteiger partial charge < -0.3 is 33.2 Å². The summed E-state index contributed by atoms with van der Waals surface area (Å²) in [6.07, 6.45) is 0. The Labute approximate surface area is 171 Å². The third kappa shape index (κ3) is 7.81. The minimum atomic E-state index is 0.381. The number of hydrogen-bond donors (Lipinski definition) is 0. The van der Waals surface area contributed by atoms with E-state index in [9.17, 15) is 0 Å². The van der Waals surface area contributed by atoms with Crippen LogP contribution in [0.3, 0.4) is 0 Å². The molecule has 0 saturated carbocycles. The molecule has 7 nitrogen and oxygen atoms in total. The molecule has 0 N–H and O–H groups in total. The van der Waals surface area contributed by atoms with Crippen LogP contribution in [0.5, 0.6) is 23.0 Å². The number of ether oxygens (including phenoxy) is 7. The maximum atomic E-state index is 5.83. The van der Waals surface area contributed by atoms with Crippen LogP contribution in [0, 0.1) is 0 Å². The molecule has 158 valence electrons. The standard InChI is InChI=1S/C22H28O7/c1-3-7-21-19(5-1)26-15-13-24-11-9-23-10-12-25-14-16-27-20-6-2-4-8-22(20)29-18-17-28-21/h1-8H,9-18H2. The topological polar surface area (TPSA) is 64.6 Å². The second-order valence-corrected chi connectivity index (χ2v) is 6.12. The second-order valence-electron chi connectivity index (χ2n) is 6.12. The highest BCUT2D eigenvalue weighted by atomic mass is 16.6. The lowest BCUT2D eigenvalue weighted by atomic mass is 10.3. The van der Waals surface area contributed by atoms with E-state index in [2.05, 4.69) is 0 Å². The van der Waals surface area contributed by atoms with Gasteiger partial charge in [0, 0.05) is 0 Å². The van der Waals surface area contributed by atoms with Crippen LogP contribution < -0.4 is 18.9 Å². The lowest BCUT2D eigenvalue weighted by molar-refractivity contribution is 0.00484. The molecule has 1 heterocycles. The molecular formula is C22H28O7. The Morgan fingerprint density at radius 3 is 0.897 bits per heavy atom. The van der Waals surface area contributed by atoms with Crippen LogP contribution in [0.4, 0.5) is 0 Å². The minimum absolute atomic E-state index is 0.381. The van der Waals surface area contributed by atoms with Gasteiger partial charge >= 0.3 is 0 Å². The first-order valence-electron chi connectivity index (χ1n) is 9.86. The van der Waals surface area contributed by atoms with Gasteiger partial charge in [0.2, 0.25) is 0 Å². The summed E-state index contributed by atoms with van der Waals surface area (Å²) in [6.45, 7) is 4.65. The second kappa shape index (κ2) is 12.9. The molecule has 0 aromatic heterocycles. The Balaban J connectivity index is 1.57. The Bertz CT molecular complexity index is 648. The normalized spacial score (nSPS) is 17.7. The van der Waals surface area contributed by atoms with Crippen molar-refractivity contribution in [1.29, 1.82) is 0 Å². The van der Waals surface area contributed by atoms with Crippen LogP contribution in [-0.2, 0) is 14.2 Å². The van der Waals surface area contributed by atoms with Crippen molar-refractivity contribution in [3.63, 3.8) is 0 Å². The Morgan fingerprint density at radius 2 is 0.586 bits per heavy atom. The van der Waals surface area contributed by atoms with E-state index in [-0.39, 0.29) is 0 Å². The van der Waals surface area contributed by atoms with Crippen LogP contribution in [0.2, 0.25) is 0 Å². The predicted molar refractivity (Wildman–Crippen MR) is 107 cm³/mol. The zero-order chi connectivity index (χ0) is 20.0. The van der Waals surface area contributed by atoms with Gasteiger partial charge in [-0.25, -0.2) is 0 Å². The molecule has 0 atom stereocenters. The molecule has 7 heteroatoms. The lowest BCUT2D eigenvalue weighted by Crippen LogP contribution is -2.14. The predicted octanol–water partition coefficient (Wildman–Crippen LogP) is 2.97. The highest BCUT2D eigenvalue weighted by molar-refractivity contribution is 5.40. The van der Waals surface area contributed by atoms with Crippen molar-refractivity contribution in [2.75, 3.05) is 66.1 Å². The summed E-state index contributed by atoms with van der Waals surface area (Å²) in [7, 11) is 0. The summed E-state index contributed by atoms with van der Waals surface area (Å²) in [5.41, 5.74) is 0. The van der Waals surface area contributed by atoms with E-state index >= 15 is 0 Å². The fourth-order valence-electron chi connectivity index (χ4n) is 2.64. The average molecular weight is 404 g/mol. The van der Waals surface area contributed by atoms with E-state index in [1.54, 1.807) is 0 Å². The van der Waals surface area contributed by atoms with E-state index in [1.807, 2.05) is 48.5 Å². The van der Waals surface area contributed by atoms with Gasteiger partial charge in [0.1, 0.15) is 26.4 Å². The molecular weight excluding hydrogens is 376 g/mol. The molecule has 0 bridgehead atoms. The van der Waals surface area contributed by atoms with Crippen LogP contribution >= 0.6 is 0 Å². The lowest BCUT2D eigenvalue weighted by Gasteiger charge is -2.14. The summed E-state index contributed by atoms with van der Waals surface area (Å²) in [5.74, 6) is 2.71. The van der Waals surface area contributed by atoms with Crippen molar-refractivity contribution in [2.45, 2.75) is 0 Å². The van der Waals surface area contributed by atoms with Gasteiger partial charge in [-0.3, -0.25) is 0 Å². The Hall–Kier alpha value is -2.48. The molecule has 1 aliphatic heterocycles. The zero-order valence-electron chi connectivity index (χ0n) is 16.5. The van der Waals surface area contributed by atoms with Crippen molar-refractivity contribution in [3.8, 4) is 23.0 Å².